The van der Waals surface area contributed by atoms with Crippen LogP contribution >= 0.6 is 0 Å². The molecule has 8 heteroatoms. The molecule has 2 heterocycles. The number of halogens is 2. The molecular weight excluding hydrogens is 328 g/mol. The van der Waals surface area contributed by atoms with Gasteiger partial charge in [0.15, 0.2) is 11.6 Å². The zero-order chi connectivity index (χ0) is 17.6. The van der Waals surface area contributed by atoms with Crippen LogP contribution in [0.4, 0.5) is 26.2 Å². The quantitative estimate of drug-likeness (QED) is 0.836. The summed E-state index contributed by atoms with van der Waals surface area (Å²) in [6.07, 6.45) is 0. The number of hydrogen-bond donors (Lipinski definition) is 2. The highest BCUT2D eigenvalue weighted by atomic mass is 19.2. The molecular formula is C17H21F2N5O. The molecule has 0 unspecified atom stereocenters. The highest BCUT2D eigenvalue weighted by Crippen LogP contribution is 2.18. The van der Waals surface area contributed by atoms with E-state index in [0.29, 0.717) is 17.5 Å². The van der Waals surface area contributed by atoms with Crippen LogP contribution in [0.15, 0.2) is 24.3 Å². The summed E-state index contributed by atoms with van der Waals surface area (Å²) in [5.74, 6) is -0.784. The van der Waals surface area contributed by atoms with Gasteiger partial charge < -0.3 is 15.4 Å². The Morgan fingerprint density at radius 2 is 1.92 bits per heavy atom. The Morgan fingerprint density at radius 1 is 1.12 bits per heavy atom. The van der Waals surface area contributed by atoms with E-state index in [1.165, 1.54) is 6.07 Å². The molecule has 2 N–H and O–H groups in total. The number of benzene rings is 1. The van der Waals surface area contributed by atoms with Crippen LogP contribution < -0.4 is 10.6 Å². The van der Waals surface area contributed by atoms with E-state index in [-0.39, 0.29) is 0 Å². The van der Waals surface area contributed by atoms with Gasteiger partial charge in [-0.1, -0.05) is 0 Å². The lowest BCUT2D eigenvalue weighted by Crippen LogP contribution is -2.39. The number of aromatic nitrogens is 2. The molecule has 0 amide bonds. The van der Waals surface area contributed by atoms with Crippen molar-refractivity contribution in [2.75, 3.05) is 50.0 Å². The van der Waals surface area contributed by atoms with E-state index >= 15 is 0 Å². The molecule has 1 aliphatic heterocycles. The second-order valence-corrected chi connectivity index (χ2v) is 5.85. The number of ether oxygens (including phenoxy) is 1. The van der Waals surface area contributed by atoms with Crippen molar-refractivity contribution < 1.29 is 13.5 Å². The second kappa shape index (κ2) is 8.17. The maximum absolute atomic E-state index is 13.3. The fourth-order valence-electron chi connectivity index (χ4n) is 2.58. The molecule has 25 heavy (non-hydrogen) atoms. The van der Waals surface area contributed by atoms with E-state index in [1.54, 1.807) is 0 Å². The number of hydrogen-bond acceptors (Lipinski definition) is 6. The Kier molecular flexibility index (Phi) is 5.72. The highest BCUT2D eigenvalue weighted by molar-refractivity contribution is 5.55. The van der Waals surface area contributed by atoms with Crippen LogP contribution in [0.3, 0.4) is 0 Å². The SMILES string of the molecule is Cc1cc(NCCN2CCOCC2)nc(Nc2ccc(F)c(F)c2)n1. The highest BCUT2D eigenvalue weighted by Gasteiger charge is 2.10. The predicted octanol–water partition coefficient (Wildman–Crippen LogP) is 2.55. The van der Waals surface area contributed by atoms with Gasteiger partial charge in [0, 0.05) is 49.7 Å². The van der Waals surface area contributed by atoms with Crippen LogP contribution in [0.1, 0.15) is 5.69 Å². The summed E-state index contributed by atoms with van der Waals surface area (Å²) in [5, 5.41) is 6.17. The average Bonchev–Trinajstić information content (AvgIpc) is 2.59. The Hall–Kier alpha value is -2.32. The van der Waals surface area contributed by atoms with Crippen molar-refractivity contribution in [2.45, 2.75) is 6.92 Å². The van der Waals surface area contributed by atoms with E-state index in [4.69, 9.17) is 4.74 Å². The first-order valence-corrected chi connectivity index (χ1v) is 8.22. The first-order chi connectivity index (χ1) is 12.1. The van der Waals surface area contributed by atoms with Crippen molar-refractivity contribution >= 4 is 17.5 Å². The van der Waals surface area contributed by atoms with Crippen LogP contribution in [0.2, 0.25) is 0 Å². The molecule has 0 atom stereocenters. The normalized spacial score (nSPS) is 15.2. The minimum Gasteiger partial charge on any atom is -0.379 e. The molecule has 1 saturated heterocycles. The number of anilines is 3. The lowest BCUT2D eigenvalue weighted by atomic mass is 10.3. The largest absolute Gasteiger partial charge is 0.379 e. The summed E-state index contributed by atoms with van der Waals surface area (Å²) in [6.45, 7) is 6.93. The second-order valence-electron chi connectivity index (χ2n) is 5.85. The first-order valence-electron chi connectivity index (χ1n) is 8.22. The van der Waals surface area contributed by atoms with E-state index in [9.17, 15) is 8.78 Å². The van der Waals surface area contributed by atoms with E-state index in [0.717, 1.165) is 57.2 Å². The lowest BCUT2D eigenvalue weighted by Gasteiger charge is -2.26. The minimum atomic E-state index is -0.915. The summed E-state index contributed by atoms with van der Waals surface area (Å²) in [7, 11) is 0. The monoisotopic (exact) mass is 349 g/mol. The van der Waals surface area contributed by atoms with Gasteiger partial charge in [0.1, 0.15) is 5.82 Å². The molecule has 6 nitrogen and oxygen atoms in total. The van der Waals surface area contributed by atoms with Crippen LogP contribution in [0.25, 0.3) is 0 Å². The Labute approximate surface area is 145 Å². The smallest absolute Gasteiger partial charge is 0.229 e. The molecule has 1 aliphatic rings. The Morgan fingerprint density at radius 3 is 2.68 bits per heavy atom. The van der Waals surface area contributed by atoms with Gasteiger partial charge in [0.2, 0.25) is 5.95 Å². The van der Waals surface area contributed by atoms with Crippen molar-refractivity contribution in [1.82, 2.24) is 14.9 Å². The van der Waals surface area contributed by atoms with Gasteiger partial charge in [0.05, 0.1) is 13.2 Å². The van der Waals surface area contributed by atoms with Crippen molar-refractivity contribution in [2.24, 2.45) is 0 Å². The van der Waals surface area contributed by atoms with Gasteiger partial charge >= 0.3 is 0 Å². The van der Waals surface area contributed by atoms with Gasteiger partial charge in [-0.25, -0.2) is 13.8 Å². The van der Waals surface area contributed by atoms with E-state index < -0.39 is 11.6 Å². The summed E-state index contributed by atoms with van der Waals surface area (Å²) in [5.41, 5.74) is 1.16. The van der Waals surface area contributed by atoms with Crippen molar-refractivity contribution in [1.29, 1.82) is 0 Å². The zero-order valence-electron chi connectivity index (χ0n) is 14.1. The standard InChI is InChI=1S/C17H21F2N5O/c1-12-10-16(20-4-5-24-6-8-25-9-7-24)23-17(21-12)22-13-2-3-14(18)15(19)11-13/h2-3,10-11H,4-9H2,1H3,(H2,20,21,22,23). The fraction of sp³-hybridized carbons (Fsp3) is 0.412. The average molecular weight is 349 g/mol. The fourth-order valence-corrected chi connectivity index (χ4v) is 2.58. The topological polar surface area (TPSA) is 62.3 Å². The van der Waals surface area contributed by atoms with Gasteiger partial charge in [-0.3, -0.25) is 4.90 Å². The summed E-state index contributed by atoms with van der Waals surface area (Å²) < 4.78 is 31.6. The zero-order valence-corrected chi connectivity index (χ0v) is 14.1. The lowest BCUT2D eigenvalue weighted by molar-refractivity contribution is 0.0398. The van der Waals surface area contributed by atoms with Crippen LogP contribution in [0, 0.1) is 18.6 Å². The Bertz CT molecular complexity index is 722. The van der Waals surface area contributed by atoms with Gasteiger partial charge in [-0.15, -0.1) is 0 Å². The third-order valence-electron chi connectivity index (χ3n) is 3.87. The number of aryl methyl sites for hydroxylation is 1. The van der Waals surface area contributed by atoms with Crippen molar-refractivity contribution in [3.63, 3.8) is 0 Å². The molecule has 0 bridgehead atoms. The van der Waals surface area contributed by atoms with Gasteiger partial charge in [-0.2, -0.15) is 4.98 Å². The molecule has 134 valence electrons. The number of nitrogens with zero attached hydrogens (tertiary/aromatic N) is 3. The number of nitrogens with one attached hydrogen (secondary N) is 2. The van der Waals surface area contributed by atoms with Crippen LogP contribution in [-0.2, 0) is 4.74 Å². The summed E-state index contributed by atoms with van der Waals surface area (Å²) in [4.78, 5) is 11.0. The third-order valence-corrected chi connectivity index (χ3v) is 3.87. The Balaban J connectivity index is 1.60. The molecule has 0 radical (unpaired) electrons. The van der Waals surface area contributed by atoms with Gasteiger partial charge in [0.25, 0.3) is 0 Å². The van der Waals surface area contributed by atoms with E-state index in [2.05, 4.69) is 25.5 Å². The summed E-state index contributed by atoms with van der Waals surface area (Å²) in [6, 6.07) is 5.42. The molecule has 2 aromatic rings. The molecule has 1 aromatic carbocycles. The molecule has 0 spiro atoms. The minimum absolute atomic E-state index is 0.333. The first kappa shape index (κ1) is 17.5. The number of morpholine rings is 1. The third kappa shape index (κ3) is 5.07. The van der Waals surface area contributed by atoms with Crippen LogP contribution in [-0.4, -0.2) is 54.3 Å². The maximum atomic E-state index is 13.3. The molecule has 0 aliphatic carbocycles. The molecule has 0 saturated carbocycles. The maximum Gasteiger partial charge on any atom is 0.229 e. The predicted molar refractivity (Wildman–Crippen MR) is 92.2 cm³/mol. The molecule has 1 fully saturated rings. The van der Waals surface area contributed by atoms with Crippen LogP contribution in [0.5, 0.6) is 0 Å². The van der Waals surface area contributed by atoms with Gasteiger partial charge in [-0.05, 0) is 19.1 Å². The van der Waals surface area contributed by atoms with Crippen molar-refractivity contribution in [3.05, 3.63) is 41.6 Å². The van der Waals surface area contributed by atoms with E-state index in [1.807, 2.05) is 13.0 Å². The molecule has 1 aromatic heterocycles. The summed E-state index contributed by atoms with van der Waals surface area (Å²) >= 11 is 0. The molecule has 3 rings (SSSR count). The van der Waals surface area contributed by atoms with Crippen molar-refractivity contribution in [3.8, 4) is 0 Å². The number of rotatable bonds is 6.